The molecule has 16 heavy (non-hydrogen) atoms. The molecule has 0 aliphatic rings. The fourth-order valence-corrected chi connectivity index (χ4v) is 1.79. The van der Waals surface area contributed by atoms with Crippen molar-refractivity contribution >= 4 is 17.3 Å². The summed E-state index contributed by atoms with van der Waals surface area (Å²) < 4.78 is 5.15. The van der Waals surface area contributed by atoms with E-state index in [1.807, 2.05) is 5.38 Å². The van der Waals surface area contributed by atoms with Crippen LogP contribution in [0.15, 0.2) is 41.8 Å². The molecule has 0 saturated heterocycles. The first kappa shape index (κ1) is 10.5. The van der Waals surface area contributed by atoms with Gasteiger partial charge in [0.05, 0.1) is 0 Å². The van der Waals surface area contributed by atoms with Crippen molar-refractivity contribution in [3.63, 3.8) is 0 Å². The molecule has 0 bridgehead atoms. The molecule has 77 valence electrons. The largest absolute Gasteiger partial charge is 0.422 e. The number of rotatable bonds is 2. The summed E-state index contributed by atoms with van der Waals surface area (Å²) in [7, 11) is 0. The van der Waals surface area contributed by atoms with E-state index in [1.54, 1.807) is 36.4 Å². The lowest BCUT2D eigenvalue weighted by Crippen LogP contribution is -2.06. The van der Waals surface area contributed by atoms with Crippen LogP contribution >= 0.6 is 11.3 Å². The van der Waals surface area contributed by atoms with E-state index in [2.05, 4.69) is 5.92 Å². The van der Waals surface area contributed by atoms with Gasteiger partial charge in [0, 0.05) is 5.56 Å². The third kappa shape index (κ3) is 2.30. The molecule has 2 aromatic rings. The second kappa shape index (κ2) is 4.65. The highest BCUT2D eigenvalue weighted by atomic mass is 32.1. The predicted molar refractivity (Wildman–Crippen MR) is 62.0 cm³/mol. The molecule has 0 saturated carbocycles. The van der Waals surface area contributed by atoms with Crippen molar-refractivity contribution in [2.45, 2.75) is 0 Å². The number of hydrogen-bond acceptors (Lipinski definition) is 3. The number of thiophene rings is 1. The number of carbonyl (C=O) groups excluding carboxylic acids is 1. The zero-order chi connectivity index (χ0) is 11.4. The van der Waals surface area contributed by atoms with Gasteiger partial charge < -0.3 is 4.74 Å². The lowest BCUT2D eigenvalue weighted by molar-refractivity contribution is 0.0740. The standard InChI is InChI=1S/C13H7O2S/c1-2-10-5-3-6-11(9-10)15-13(14)12-7-4-8-16-12/h3-9H. The number of esters is 1. The summed E-state index contributed by atoms with van der Waals surface area (Å²) in [4.78, 5) is 12.2. The Morgan fingerprint density at radius 1 is 1.31 bits per heavy atom. The Kier molecular flexibility index (Phi) is 3.04. The number of hydrogen-bond donors (Lipinski definition) is 0. The number of ether oxygens (including phenoxy) is 1. The third-order valence-corrected chi connectivity index (χ3v) is 2.76. The van der Waals surface area contributed by atoms with E-state index in [0.29, 0.717) is 16.2 Å². The monoisotopic (exact) mass is 227 g/mol. The quantitative estimate of drug-likeness (QED) is 0.448. The van der Waals surface area contributed by atoms with E-state index in [1.165, 1.54) is 11.3 Å². The zero-order valence-electron chi connectivity index (χ0n) is 8.27. The second-order valence-electron chi connectivity index (χ2n) is 3.02. The Balaban J connectivity index is 2.16. The molecule has 0 unspecified atom stereocenters. The van der Waals surface area contributed by atoms with Crippen LogP contribution in [0.3, 0.4) is 0 Å². The Hall–Kier alpha value is -2.05. The molecule has 0 fully saturated rings. The first-order chi connectivity index (χ1) is 7.79. The lowest BCUT2D eigenvalue weighted by atomic mass is 10.2. The Morgan fingerprint density at radius 3 is 2.88 bits per heavy atom. The molecule has 0 atom stereocenters. The van der Waals surface area contributed by atoms with E-state index in [-0.39, 0.29) is 5.97 Å². The second-order valence-corrected chi connectivity index (χ2v) is 3.97. The first-order valence-corrected chi connectivity index (χ1v) is 5.46. The normalized spacial score (nSPS) is 9.44. The first-order valence-electron chi connectivity index (χ1n) is 4.58. The maximum Gasteiger partial charge on any atom is 0.353 e. The van der Waals surface area contributed by atoms with Crippen LogP contribution in [0.2, 0.25) is 0 Å². The Bertz CT molecular complexity index is 535. The SMILES string of the molecule is [C]#Cc1cccc(OC(=O)c2cccs2)c1. The van der Waals surface area contributed by atoms with Crippen molar-refractivity contribution in [1.82, 2.24) is 0 Å². The van der Waals surface area contributed by atoms with Crippen molar-refractivity contribution in [3.05, 3.63) is 58.6 Å². The maximum absolute atomic E-state index is 11.6. The molecule has 0 spiro atoms. The fraction of sp³-hybridized carbons (Fsp3) is 0. The molecule has 0 N–H and O–H groups in total. The minimum absolute atomic E-state index is 0.378. The summed E-state index contributed by atoms with van der Waals surface area (Å²) in [6.07, 6.45) is 6.97. The van der Waals surface area contributed by atoms with Crippen LogP contribution in [-0.4, -0.2) is 5.97 Å². The van der Waals surface area contributed by atoms with E-state index in [9.17, 15) is 4.79 Å². The predicted octanol–water partition coefficient (Wildman–Crippen LogP) is 2.91. The lowest BCUT2D eigenvalue weighted by Gasteiger charge is -2.02. The maximum atomic E-state index is 11.6. The molecule has 2 rings (SSSR count). The summed E-state index contributed by atoms with van der Waals surface area (Å²) in [5.41, 5.74) is 0.580. The van der Waals surface area contributed by atoms with Gasteiger partial charge in [0.15, 0.2) is 0 Å². The molecule has 0 aliphatic carbocycles. The minimum Gasteiger partial charge on any atom is -0.422 e. The van der Waals surface area contributed by atoms with Gasteiger partial charge in [0.2, 0.25) is 0 Å². The smallest absolute Gasteiger partial charge is 0.353 e. The molecule has 1 aromatic carbocycles. The molecule has 2 nitrogen and oxygen atoms in total. The van der Waals surface area contributed by atoms with Crippen LogP contribution in [0.5, 0.6) is 5.75 Å². The van der Waals surface area contributed by atoms with Crippen LogP contribution in [0.1, 0.15) is 15.2 Å². The van der Waals surface area contributed by atoms with Crippen molar-refractivity contribution in [3.8, 4) is 11.7 Å². The van der Waals surface area contributed by atoms with Gasteiger partial charge in [0.25, 0.3) is 0 Å². The van der Waals surface area contributed by atoms with Crippen LogP contribution < -0.4 is 4.74 Å². The summed E-state index contributed by atoms with van der Waals surface area (Å²) in [6, 6.07) is 10.2. The average Bonchev–Trinajstić information content (AvgIpc) is 2.83. The molecule has 3 heteroatoms. The van der Waals surface area contributed by atoms with Crippen LogP contribution in [0.25, 0.3) is 0 Å². The average molecular weight is 227 g/mol. The summed E-state index contributed by atoms with van der Waals surface area (Å²) in [5, 5.41) is 1.82. The van der Waals surface area contributed by atoms with E-state index < -0.39 is 0 Å². The third-order valence-electron chi connectivity index (χ3n) is 1.91. The highest BCUT2D eigenvalue weighted by Gasteiger charge is 2.09. The molecule has 0 amide bonds. The van der Waals surface area contributed by atoms with Crippen LogP contribution in [0, 0.1) is 12.3 Å². The van der Waals surface area contributed by atoms with Gasteiger partial charge in [0.1, 0.15) is 10.6 Å². The molecular formula is C13H7O2S. The number of benzene rings is 1. The van der Waals surface area contributed by atoms with Crippen LogP contribution in [0.4, 0.5) is 0 Å². The van der Waals surface area contributed by atoms with Crippen molar-refractivity contribution in [2.75, 3.05) is 0 Å². The van der Waals surface area contributed by atoms with Crippen molar-refractivity contribution < 1.29 is 9.53 Å². The Labute approximate surface area is 97.5 Å². The summed E-state index contributed by atoms with van der Waals surface area (Å²) in [5.74, 6) is 2.29. The van der Waals surface area contributed by atoms with E-state index in [0.717, 1.165) is 0 Å². The number of carbonyl (C=O) groups is 1. The van der Waals surface area contributed by atoms with Gasteiger partial charge in [-0.15, -0.1) is 11.3 Å². The molecule has 0 aliphatic heterocycles. The van der Waals surface area contributed by atoms with E-state index >= 15 is 0 Å². The van der Waals surface area contributed by atoms with Gasteiger partial charge in [-0.3, -0.25) is 0 Å². The molecule has 1 heterocycles. The Morgan fingerprint density at radius 2 is 2.19 bits per heavy atom. The summed E-state index contributed by atoms with van der Waals surface area (Å²) >= 11 is 1.33. The van der Waals surface area contributed by atoms with Crippen molar-refractivity contribution in [1.29, 1.82) is 0 Å². The highest BCUT2D eigenvalue weighted by Crippen LogP contribution is 2.16. The molecule has 1 aromatic heterocycles. The van der Waals surface area contributed by atoms with Gasteiger partial charge in [-0.1, -0.05) is 18.1 Å². The summed E-state index contributed by atoms with van der Waals surface area (Å²) in [6.45, 7) is 0. The molecular weight excluding hydrogens is 220 g/mol. The fourth-order valence-electron chi connectivity index (χ4n) is 1.19. The van der Waals surface area contributed by atoms with Gasteiger partial charge in [-0.05, 0) is 36.1 Å². The topological polar surface area (TPSA) is 26.3 Å². The van der Waals surface area contributed by atoms with Gasteiger partial charge >= 0.3 is 5.97 Å². The van der Waals surface area contributed by atoms with Gasteiger partial charge in [-0.25, -0.2) is 4.79 Å². The zero-order valence-corrected chi connectivity index (χ0v) is 9.08. The van der Waals surface area contributed by atoms with E-state index in [4.69, 9.17) is 11.2 Å². The van der Waals surface area contributed by atoms with Crippen molar-refractivity contribution in [2.24, 2.45) is 0 Å². The van der Waals surface area contributed by atoms with Gasteiger partial charge in [-0.2, -0.15) is 0 Å². The van der Waals surface area contributed by atoms with Crippen LogP contribution in [-0.2, 0) is 0 Å². The highest BCUT2D eigenvalue weighted by molar-refractivity contribution is 7.12. The molecule has 1 radical (unpaired) electrons. The minimum atomic E-state index is -0.378.